The molecule has 1 aromatic rings. The van der Waals surface area contributed by atoms with Crippen molar-refractivity contribution in [3.8, 4) is 5.75 Å². The molecule has 0 saturated carbocycles. The minimum Gasteiger partial charge on any atom is -0.496 e. The molecule has 1 rings (SSSR count). The molecule has 1 aromatic carbocycles. The smallest absolute Gasteiger partial charge is 0.240 e. The molecule has 7 heteroatoms. The van der Waals surface area contributed by atoms with Crippen LogP contribution in [0.25, 0.3) is 0 Å². The molecule has 19 heavy (non-hydrogen) atoms. The first-order chi connectivity index (χ1) is 8.90. The maximum atomic E-state index is 12.1. The van der Waals surface area contributed by atoms with E-state index in [1.165, 1.54) is 19.2 Å². The van der Waals surface area contributed by atoms with Gasteiger partial charge in [0.1, 0.15) is 5.75 Å². The first-order valence-corrected chi connectivity index (χ1v) is 8.25. The second kappa shape index (κ2) is 7.23. The zero-order valence-electron chi connectivity index (χ0n) is 11.2. The van der Waals surface area contributed by atoms with Crippen LogP contribution in [-0.2, 0) is 10.0 Å². The number of benzene rings is 1. The van der Waals surface area contributed by atoms with Crippen molar-refractivity contribution in [1.82, 2.24) is 10.0 Å². The topological polar surface area (TPSA) is 67.4 Å². The van der Waals surface area contributed by atoms with E-state index in [2.05, 4.69) is 26.0 Å². The van der Waals surface area contributed by atoms with Crippen LogP contribution in [0, 0.1) is 0 Å². The summed E-state index contributed by atoms with van der Waals surface area (Å²) in [7, 11) is -2.02. The molecule has 2 N–H and O–H groups in total. The highest BCUT2D eigenvalue weighted by Crippen LogP contribution is 2.27. The molecule has 0 aliphatic rings. The maximum Gasteiger partial charge on any atom is 0.240 e. The Kier molecular flexibility index (Phi) is 6.25. The predicted octanol–water partition coefficient (Wildman–Crippen LogP) is 1.73. The molecular weight excluding hydrogens is 332 g/mol. The molecule has 0 saturated heterocycles. The average Bonchev–Trinajstić information content (AvgIpc) is 2.37. The molecule has 0 heterocycles. The highest BCUT2D eigenvalue weighted by Gasteiger charge is 2.16. The van der Waals surface area contributed by atoms with E-state index >= 15 is 0 Å². The fourth-order valence-corrected chi connectivity index (χ4v) is 3.10. The number of likely N-dealkylation sites (N-methyl/N-ethyl adjacent to an activating group) is 1. The molecule has 0 amide bonds. The van der Waals surface area contributed by atoms with Crippen LogP contribution in [0.15, 0.2) is 27.6 Å². The monoisotopic (exact) mass is 350 g/mol. The standard InChI is InChI=1S/C12H19BrN2O3S/c1-4-14-9(2)8-15-19(16,17)10-5-6-11(13)12(7-10)18-3/h5-7,9,14-15H,4,8H2,1-3H3/t9-/m1/s1. The Morgan fingerprint density at radius 2 is 2.11 bits per heavy atom. The molecule has 0 bridgehead atoms. The Morgan fingerprint density at radius 1 is 1.42 bits per heavy atom. The number of nitrogens with one attached hydrogen (secondary N) is 2. The van der Waals surface area contributed by atoms with Gasteiger partial charge in [-0.25, -0.2) is 13.1 Å². The summed E-state index contributed by atoms with van der Waals surface area (Å²) in [5.41, 5.74) is 0. The lowest BCUT2D eigenvalue weighted by molar-refractivity contribution is 0.410. The molecule has 108 valence electrons. The molecule has 0 aliphatic heterocycles. The summed E-state index contributed by atoms with van der Waals surface area (Å²) in [6.07, 6.45) is 0. The maximum absolute atomic E-state index is 12.1. The highest BCUT2D eigenvalue weighted by atomic mass is 79.9. The van der Waals surface area contributed by atoms with Gasteiger partial charge >= 0.3 is 0 Å². The molecule has 5 nitrogen and oxygen atoms in total. The third-order valence-corrected chi connectivity index (χ3v) is 4.64. The van der Waals surface area contributed by atoms with Crippen LogP contribution in [0.1, 0.15) is 13.8 Å². The zero-order valence-corrected chi connectivity index (χ0v) is 13.6. The van der Waals surface area contributed by atoms with E-state index < -0.39 is 10.0 Å². The molecule has 0 unspecified atom stereocenters. The van der Waals surface area contributed by atoms with Crippen molar-refractivity contribution in [1.29, 1.82) is 0 Å². The number of sulfonamides is 1. The van der Waals surface area contributed by atoms with Gasteiger partial charge in [-0.05, 0) is 41.5 Å². The van der Waals surface area contributed by atoms with Gasteiger partial charge in [-0.15, -0.1) is 0 Å². The van der Waals surface area contributed by atoms with Gasteiger partial charge in [-0.1, -0.05) is 6.92 Å². The number of rotatable bonds is 7. The van der Waals surface area contributed by atoms with Crippen LogP contribution in [0.3, 0.4) is 0 Å². The van der Waals surface area contributed by atoms with Gasteiger partial charge in [0, 0.05) is 18.7 Å². The third-order valence-electron chi connectivity index (χ3n) is 2.57. The Labute approximate surface area is 122 Å². The quantitative estimate of drug-likeness (QED) is 0.785. The molecule has 0 radical (unpaired) electrons. The minimum absolute atomic E-state index is 0.0807. The molecule has 0 fully saturated rings. The first-order valence-electron chi connectivity index (χ1n) is 5.97. The number of hydrogen-bond acceptors (Lipinski definition) is 4. The van der Waals surface area contributed by atoms with E-state index in [9.17, 15) is 8.42 Å². The summed E-state index contributed by atoms with van der Waals surface area (Å²) in [6, 6.07) is 4.76. The van der Waals surface area contributed by atoms with Crippen LogP contribution < -0.4 is 14.8 Å². The molecule has 0 aromatic heterocycles. The van der Waals surface area contributed by atoms with Crippen LogP contribution in [0.2, 0.25) is 0 Å². The van der Waals surface area contributed by atoms with Gasteiger partial charge < -0.3 is 10.1 Å². The number of halogens is 1. The van der Waals surface area contributed by atoms with E-state index in [0.717, 1.165) is 11.0 Å². The minimum atomic E-state index is -3.51. The summed E-state index contributed by atoms with van der Waals surface area (Å²) in [6.45, 7) is 5.04. The Morgan fingerprint density at radius 3 is 2.68 bits per heavy atom. The van der Waals surface area contributed by atoms with Crippen molar-refractivity contribution in [2.75, 3.05) is 20.2 Å². The second-order valence-electron chi connectivity index (χ2n) is 4.11. The highest BCUT2D eigenvalue weighted by molar-refractivity contribution is 9.10. The largest absolute Gasteiger partial charge is 0.496 e. The van der Waals surface area contributed by atoms with E-state index in [4.69, 9.17) is 4.74 Å². The Hall–Kier alpha value is -0.630. The van der Waals surface area contributed by atoms with Crippen molar-refractivity contribution < 1.29 is 13.2 Å². The first kappa shape index (κ1) is 16.4. The molecule has 0 aliphatic carbocycles. The van der Waals surface area contributed by atoms with Gasteiger partial charge in [0.25, 0.3) is 0 Å². The number of hydrogen-bond donors (Lipinski definition) is 2. The van der Waals surface area contributed by atoms with Crippen LogP contribution in [0.4, 0.5) is 0 Å². The summed E-state index contributed by atoms with van der Waals surface area (Å²) in [5.74, 6) is 0.489. The summed E-state index contributed by atoms with van der Waals surface area (Å²) in [5, 5.41) is 3.14. The van der Waals surface area contributed by atoms with E-state index in [0.29, 0.717) is 12.3 Å². The van der Waals surface area contributed by atoms with Crippen molar-refractivity contribution in [3.63, 3.8) is 0 Å². The SMILES string of the molecule is CCN[C@H](C)CNS(=O)(=O)c1ccc(Br)c(OC)c1. The van der Waals surface area contributed by atoms with Crippen LogP contribution in [0.5, 0.6) is 5.75 Å². The third kappa shape index (κ3) is 4.76. The summed E-state index contributed by atoms with van der Waals surface area (Å²) < 4.78 is 32.6. The fourth-order valence-electron chi connectivity index (χ4n) is 1.55. The second-order valence-corrected chi connectivity index (χ2v) is 6.73. The van der Waals surface area contributed by atoms with Gasteiger partial charge in [0.2, 0.25) is 10.0 Å². The van der Waals surface area contributed by atoms with E-state index in [1.54, 1.807) is 6.07 Å². The fraction of sp³-hybridized carbons (Fsp3) is 0.500. The Bertz CT molecular complexity index is 520. The van der Waals surface area contributed by atoms with E-state index in [-0.39, 0.29) is 10.9 Å². The lowest BCUT2D eigenvalue weighted by atomic mass is 10.3. The molecule has 0 spiro atoms. The van der Waals surface area contributed by atoms with Crippen molar-refractivity contribution in [2.45, 2.75) is 24.8 Å². The van der Waals surface area contributed by atoms with Crippen LogP contribution >= 0.6 is 15.9 Å². The van der Waals surface area contributed by atoms with Gasteiger partial charge in [0.05, 0.1) is 16.5 Å². The molecule has 1 atom stereocenters. The lowest BCUT2D eigenvalue weighted by Crippen LogP contribution is -2.38. The van der Waals surface area contributed by atoms with Gasteiger partial charge in [-0.3, -0.25) is 0 Å². The zero-order chi connectivity index (χ0) is 14.5. The summed E-state index contributed by atoms with van der Waals surface area (Å²) >= 11 is 3.29. The number of ether oxygens (including phenoxy) is 1. The van der Waals surface area contributed by atoms with Crippen molar-refractivity contribution in [2.24, 2.45) is 0 Å². The Balaban J connectivity index is 2.83. The van der Waals surface area contributed by atoms with Crippen molar-refractivity contribution in [3.05, 3.63) is 22.7 Å². The average molecular weight is 351 g/mol. The van der Waals surface area contributed by atoms with Gasteiger partial charge in [-0.2, -0.15) is 0 Å². The number of methoxy groups -OCH3 is 1. The normalized spacial score (nSPS) is 13.3. The van der Waals surface area contributed by atoms with Crippen molar-refractivity contribution >= 4 is 26.0 Å². The molecular formula is C12H19BrN2O3S. The van der Waals surface area contributed by atoms with Crippen LogP contribution in [-0.4, -0.2) is 34.7 Å². The van der Waals surface area contributed by atoms with E-state index in [1.807, 2.05) is 13.8 Å². The summed E-state index contributed by atoms with van der Waals surface area (Å²) in [4.78, 5) is 0.191. The lowest BCUT2D eigenvalue weighted by Gasteiger charge is -2.14. The predicted molar refractivity (Wildman–Crippen MR) is 79.0 cm³/mol. The van der Waals surface area contributed by atoms with Gasteiger partial charge in [0.15, 0.2) is 0 Å².